The molecule has 0 radical (unpaired) electrons. The molecule has 0 spiro atoms. The van der Waals surface area contributed by atoms with E-state index in [1.165, 1.54) is 5.56 Å². The van der Waals surface area contributed by atoms with E-state index in [0.29, 0.717) is 16.7 Å². The Kier molecular flexibility index (Phi) is 3.62. The number of methoxy groups -OCH3 is 2. The highest BCUT2D eigenvalue weighted by atomic mass is 35.5. The summed E-state index contributed by atoms with van der Waals surface area (Å²) in [7, 11) is 3.28. The van der Waals surface area contributed by atoms with Gasteiger partial charge in [0.05, 0.1) is 19.8 Å². The first kappa shape index (κ1) is 16.5. The standard InChI is InChI=1S/C21H19ClNO4/c1-11-13-4-5-15(24-2)20(25-3)18(13)21(22)23-7-6-12-8-16-17(27-10-26-16)9-14(12)19(11)23/h4-5,8-9H,6-7,10H2,1-3H3/q+1. The van der Waals surface area contributed by atoms with Gasteiger partial charge in [0.1, 0.15) is 5.39 Å². The van der Waals surface area contributed by atoms with Crippen molar-refractivity contribution in [3.05, 3.63) is 40.5 Å². The SMILES string of the molecule is COc1ccc2c(C)c3[n+](c(Cl)c2c1OC)CCc1cc2c(cc1-3)OCO2. The third-order valence-electron chi connectivity index (χ3n) is 5.48. The number of halogens is 1. The molecule has 0 amide bonds. The van der Waals surface area contributed by atoms with Gasteiger partial charge in [-0.3, -0.25) is 0 Å². The van der Waals surface area contributed by atoms with E-state index in [1.807, 2.05) is 12.1 Å². The number of fused-ring (bicyclic) bond motifs is 5. The Morgan fingerprint density at radius 3 is 2.59 bits per heavy atom. The fourth-order valence-corrected chi connectivity index (χ4v) is 4.56. The first-order chi connectivity index (χ1) is 13.1. The monoisotopic (exact) mass is 384 g/mol. The van der Waals surface area contributed by atoms with Gasteiger partial charge in [0, 0.05) is 17.4 Å². The number of hydrogen-bond donors (Lipinski definition) is 0. The van der Waals surface area contributed by atoms with Crippen LogP contribution in [0.3, 0.4) is 0 Å². The summed E-state index contributed by atoms with van der Waals surface area (Å²) >= 11 is 6.90. The van der Waals surface area contributed by atoms with Crippen LogP contribution in [0.2, 0.25) is 5.15 Å². The van der Waals surface area contributed by atoms with Crippen LogP contribution in [0.4, 0.5) is 0 Å². The minimum absolute atomic E-state index is 0.271. The molecule has 0 aliphatic carbocycles. The molecule has 3 heterocycles. The van der Waals surface area contributed by atoms with Crippen LogP contribution < -0.4 is 23.5 Å². The molecule has 0 bridgehead atoms. The summed E-state index contributed by atoms with van der Waals surface area (Å²) in [6.07, 6.45) is 0.876. The zero-order valence-corrected chi connectivity index (χ0v) is 16.1. The normalized spacial score (nSPS) is 14.1. The number of hydrogen-bond acceptors (Lipinski definition) is 4. The lowest BCUT2D eigenvalue weighted by Gasteiger charge is -2.20. The van der Waals surface area contributed by atoms with Crippen molar-refractivity contribution in [1.82, 2.24) is 0 Å². The van der Waals surface area contributed by atoms with Gasteiger partial charge in [0.25, 0.3) is 5.15 Å². The van der Waals surface area contributed by atoms with Gasteiger partial charge in [-0.2, -0.15) is 4.57 Å². The van der Waals surface area contributed by atoms with Gasteiger partial charge in [0.2, 0.25) is 12.5 Å². The molecule has 0 atom stereocenters. The largest absolute Gasteiger partial charge is 0.493 e. The Bertz CT molecular complexity index is 1110. The van der Waals surface area contributed by atoms with Gasteiger partial charge in [-0.05, 0) is 48.4 Å². The summed E-state index contributed by atoms with van der Waals surface area (Å²) in [4.78, 5) is 0. The Morgan fingerprint density at radius 2 is 1.85 bits per heavy atom. The van der Waals surface area contributed by atoms with Crippen LogP contribution in [0.5, 0.6) is 23.0 Å². The molecule has 0 saturated carbocycles. The molecule has 0 fully saturated rings. The second kappa shape index (κ2) is 5.92. The number of rotatable bonds is 2. The molecule has 3 aromatic rings. The third kappa shape index (κ3) is 2.21. The highest BCUT2D eigenvalue weighted by molar-refractivity contribution is 6.34. The molecule has 1 aromatic heterocycles. The molecule has 2 aliphatic heterocycles. The third-order valence-corrected chi connectivity index (χ3v) is 5.87. The number of aryl methyl sites for hydroxylation is 2. The lowest BCUT2D eigenvalue weighted by atomic mass is 9.91. The van der Waals surface area contributed by atoms with Gasteiger partial charge >= 0.3 is 0 Å². The molecule has 5 nitrogen and oxygen atoms in total. The smallest absolute Gasteiger partial charge is 0.287 e. The number of benzene rings is 2. The summed E-state index contributed by atoms with van der Waals surface area (Å²) < 4.78 is 24.4. The van der Waals surface area contributed by atoms with Crippen molar-refractivity contribution in [3.63, 3.8) is 0 Å². The molecule has 27 heavy (non-hydrogen) atoms. The first-order valence-corrected chi connectivity index (χ1v) is 9.21. The Balaban J connectivity index is 1.86. The van der Waals surface area contributed by atoms with E-state index in [1.54, 1.807) is 14.2 Å². The zero-order valence-electron chi connectivity index (χ0n) is 15.4. The van der Waals surface area contributed by atoms with E-state index in [-0.39, 0.29) is 6.79 Å². The molecule has 0 N–H and O–H groups in total. The highest BCUT2D eigenvalue weighted by Gasteiger charge is 2.34. The summed E-state index contributed by atoms with van der Waals surface area (Å²) in [6.45, 7) is 3.18. The number of ether oxygens (including phenoxy) is 4. The maximum absolute atomic E-state index is 6.90. The topological polar surface area (TPSA) is 40.8 Å². The molecule has 138 valence electrons. The first-order valence-electron chi connectivity index (χ1n) is 8.83. The predicted octanol–water partition coefficient (Wildman–Crippen LogP) is 4.06. The van der Waals surface area contributed by atoms with Crippen molar-refractivity contribution in [1.29, 1.82) is 0 Å². The molecule has 5 rings (SSSR count). The molecule has 0 saturated heterocycles. The van der Waals surface area contributed by atoms with Crippen LogP contribution in [-0.4, -0.2) is 21.0 Å². The van der Waals surface area contributed by atoms with Crippen molar-refractivity contribution >= 4 is 22.4 Å². The summed E-state index contributed by atoms with van der Waals surface area (Å²) in [6, 6.07) is 8.12. The van der Waals surface area contributed by atoms with E-state index in [9.17, 15) is 0 Å². The Labute approximate surface area is 162 Å². The van der Waals surface area contributed by atoms with Crippen molar-refractivity contribution in [2.45, 2.75) is 19.9 Å². The molecule has 2 aliphatic rings. The van der Waals surface area contributed by atoms with E-state index < -0.39 is 0 Å². The van der Waals surface area contributed by atoms with Gasteiger partial charge in [0.15, 0.2) is 29.5 Å². The Hall–Kier alpha value is -2.66. The fourth-order valence-electron chi connectivity index (χ4n) is 4.21. The zero-order chi connectivity index (χ0) is 18.7. The number of aromatic nitrogens is 1. The summed E-state index contributed by atoms with van der Waals surface area (Å²) in [5.41, 5.74) is 4.65. The van der Waals surface area contributed by atoms with Crippen LogP contribution in [0.15, 0.2) is 24.3 Å². The maximum Gasteiger partial charge on any atom is 0.287 e. The van der Waals surface area contributed by atoms with Crippen LogP contribution >= 0.6 is 11.6 Å². The second-order valence-corrected chi connectivity index (χ2v) is 7.11. The van der Waals surface area contributed by atoms with Crippen LogP contribution in [0.25, 0.3) is 22.0 Å². The van der Waals surface area contributed by atoms with Crippen molar-refractivity contribution in [2.24, 2.45) is 0 Å². The number of pyridine rings is 1. The van der Waals surface area contributed by atoms with Crippen LogP contribution in [0.1, 0.15) is 11.1 Å². The minimum Gasteiger partial charge on any atom is -0.493 e. The average molecular weight is 385 g/mol. The summed E-state index contributed by atoms with van der Waals surface area (Å²) in [5.74, 6) is 2.93. The molecular weight excluding hydrogens is 366 g/mol. The number of nitrogens with zero attached hydrogens (tertiary/aromatic N) is 1. The lowest BCUT2D eigenvalue weighted by molar-refractivity contribution is -0.684. The van der Waals surface area contributed by atoms with Gasteiger partial charge in [-0.15, -0.1) is 0 Å². The average Bonchev–Trinajstić information content (AvgIpc) is 3.15. The predicted molar refractivity (Wildman–Crippen MR) is 102 cm³/mol. The van der Waals surface area contributed by atoms with Crippen LogP contribution in [-0.2, 0) is 13.0 Å². The molecule has 0 unspecified atom stereocenters. The van der Waals surface area contributed by atoms with Gasteiger partial charge in [-0.25, -0.2) is 0 Å². The molecule has 6 heteroatoms. The quantitative estimate of drug-likeness (QED) is 0.493. The fraction of sp³-hybridized carbons (Fsp3) is 0.286. The van der Waals surface area contributed by atoms with Crippen LogP contribution in [0, 0.1) is 6.92 Å². The van der Waals surface area contributed by atoms with Gasteiger partial charge < -0.3 is 18.9 Å². The molecular formula is C21H19ClNO4+. The minimum atomic E-state index is 0.271. The van der Waals surface area contributed by atoms with E-state index in [0.717, 1.165) is 52.1 Å². The van der Waals surface area contributed by atoms with E-state index >= 15 is 0 Å². The maximum atomic E-state index is 6.90. The Morgan fingerprint density at radius 1 is 1.07 bits per heavy atom. The summed E-state index contributed by atoms with van der Waals surface area (Å²) in [5, 5.41) is 2.59. The lowest BCUT2D eigenvalue weighted by Crippen LogP contribution is -2.42. The van der Waals surface area contributed by atoms with Gasteiger partial charge in [-0.1, -0.05) is 0 Å². The van der Waals surface area contributed by atoms with Crippen molar-refractivity contribution in [2.75, 3.05) is 21.0 Å². The second-order valence-electron chi connectivity index (χ2n) is 6.75. The van der Waals surface area contributed by atoms with E-state index in [2.05, 4.69) is 23.6 Å². The van der Waals surface area contributed by atoms with Crippen molar-refractivity contribution in [3.8, 4) is 34.3 Å². The van der Waals surface area contributed by atoms with E-state index in [4.69, 9.17) is 30.5 Å². The highest BCUT2D eigenvalue weighted by Crippen LogP contribution is 2.45. The molecule has 2 aromatic carbocycles. The van der Waals surface area contributed by atoms with Crippen molar-refractivity contribution < 1.29 is 23.5 Å².